The molecule has 2 aliphatic rings. The second-order valence-electron chi connectivity index (χ2n) is 10.6. The van der Waals surface area contributed by atoms with Crippen LogP contribution in [-0.4, -0.2) is 69.5 Å². The zero-order chi connectivity index (χ0) is 27.3. The number of thioether (sulfide) groups is 1. The van der Waals surface area contributed by atoms with Crippen LogP contribution in [0, 0.1) is 6.57 Å². The summed E-state index contributed by atoms with van der Waals surface area (Å²) in [7, 11) is 0. The highest BCUT2D eigenvalue weighted by atomic mass is 32.2. The van der Waals surface area contributed by atoms with Crippen molar-refractivity contribution < 1.29 is 19.1 Å². The fourth-order valence-electron chi connectivity index (χ4n) is 4.97. The van der Waals surface area contributed by atoms with E-state index in [0.29, 0.717) is 37.6 Å². The second kappa shape index (κ2) is 12.0. The SMILES string of the molecule is [C-]#[N+]C[C@H]1CC(c2nc(SC)nc3c2CCN(C(=O)OC(C)(C)C)C3)CCN1C(=O)OCc1ccccc1. The number of ether oxygens (including phenoxy) is 2. The summed E-state index contributed by atoms with van der Waals surface area (Å²) in [6, 6.07) is 9.33. The average molecular weight is 538 g/mol. The molecule has 0 aliphatic carbocycles. The van der Waals surface area contributed by atoms with Crippen LogP contribution in [0.15, 0.2) is 35.5 Å². The lowest BCUT2D eigenvalue weighted by Crippen LogP contribution is -2.47. The van der Waals surface area contributed by atoms with Gasteiger partial charge in [-0.2, -0.15) is 0 Å². The highest BCUT2D eigenvalue weighted by Gasteiger charge is 2.38. The molecule has 2 atom stereocenters. The van der Waals surface area contributed by atoms with Gasteiger partial charge in [-0.3, -0.25) is 4.90 Å². The third-order valence-corrected chi connectivity index (χ3v) is 7.30. The molecule has 10 heteroatoms. The molecule has 0 bridgehead atoms. The van der Waals surface area contributed by atoms with Gasteiger partial charge in [0.05, 0.1) is 17.9 Å². The third-order valence-electron chi connectivity index (χ3n) is 6.76. The molecule has 3 heterocycles. The fraction of sp³-hybridized carbons (Fsp3) is 0.536. The summed E-state index contributed by atoms with van der Waals surface area (Å²) in [5.74, 6) is 0.0932. The molecule has 0 spiro atoms. The number of hydrogen-bond acceptors (Lipinski definition) is 7. The molecular weight excluding hydrogens is 502 g/mol. The summed E-state index contributed by atoms with van der Waals surface area (Å²) < 4.78 is 11.2. The fourth-order valence-corrected chi connectivity index (χ4v) is 5.36. The van der Waals surface area contributed by atoms with E-state index in [1.165, 1.54) is 11.8 Å². The van der Waals surface area contributed by atoms with E-state index >= 15 is 0 Å². The summed E-state index contributed by atoms with van der Waals surface area (Å²) in [6.45, 7) is 14.9. The average Bonchev–Trinajstić information content (AvgIpc) is 2.90. The number of aromatic nitrogens is 2. The van der Waals surface area contributed by atoms with Crippen molar-refractivity contribution in [1.82, 2.24) is 19.8 Å². The zero-order valence-corrected chi connectivity index (χ0v) is 23.3. The predicted molar refractivity (Wildman–Crippen MR) is 145 cm³/mol. The molecule has 0 saturated carbocycles. The Morgan fingerprint density at radius 2 is 1.92 bits per heavy atom. The maximum absolute atomic E-state index is 13.0. The van der Waals surface area contributed by atoms with E-state index in [1.807, 2.05) is 57.4 Å². The quantitative estimate of drug-likeness (QED) is 0.291. The van der Waals surface area contributed by atoms with Gasteiger partial charge in [-0.1, -0.05) is 42.1 Å². The van der Waals surface area contributed by atoms with E-state index in [9.17, 15) is 9.59 Å². The van der Waals surface area contributed by atoms with Crippen LogP contribution in [0.4, 0.5) is 9.59 Å². The normalized spacial score (nSPS) is 19.3. The van der Waals surface area contributed by atoms with Crippen molar-refractivity contribution in [3.05, 3.63) is 64.3 Å². The molecule has 1 aromatic heterocycles. The Bertz CT molecular complexity index is 1190. The van der Waals surface area contributed by atoms with Gasteiger partial charge in [-0.15, -0.1) is 0 Å². The lowest BCUT2D eigenvalue weighted by atomic mass is 9.84. The summed E-state index contributed by atoms with van der Waals surface area (Å²) in [5, 5.41) is 0.663. The number of hydrogen-bond donors (Lipinski definition) is 0. The molecule has 0 N–H and O–H groups in total. The number of piperidine rings is 1. The lowest BCUT2D eigenvalue weighted by molar-refractivity contribution is 0.0219. The van der Waals surface area contributed by atoms with Crippen LogP contribution < -0.4 is 0 Å². The van der Waals surface area contributed by atoms with Gasteiger partial charge < -0.3 is 19.2 Å². The molecule has 9 nitrogen and oxygen atoms in total. The Morgan fingerprint density at radius 3 is 2.61 bits per heavy atom. The van der Waals surface area contributed by atoms with Crippen LogP contribution in [0.1, 0.15) is 62.0 Å². The third kappa shape index (κ3) is 6.76. The first-order valence-corrected chi connectivity index (χ1v) is 14.1. The highest BCUT2D eigenvalue weighted by molar-refractivity contribution is 7.98. The van der Waals surface area contributed by atoms with Crippen LogP contribution in [0.3, 0.4) is 0 Å². The van der Waals surface area contributed by atoms with E-state index in [4.69, 9.17) is 26.0 Å². The molecule has 4 rings (SSSR count). The minimum absolute atomic E-state index is 0.0932. The van der Waals surface area contributed by atoms with Gasteiger partial charge in [0.15, 0.2) is 5.16 Å². The number of likely N-dealkylation sites (tertiary alicyclic amines) is 1. The Labute approximate surface area is 228 Å². The van der Waals surface area contributed by atoms with Crippen molar-refractivity contribution in [3.8, 4) is 0 Å². The van der Waals surface area contributed by atoms with Crippen molar-refractivity contribution in [1.29, 1.82) is 0 Å². The zero-order valence-electron chi connectivity index (χ0n) is 22.5. The van der Waals surface area contributed by atoms with E-state index in [0.717, 1.165) is 28.9 Å². The number of benzene rings is 1. The van der Waals surface area contributed by atoms with E-state index in [-0.39, 0.29) is 37.3 Å². The van der Waals surface area contributed by atoms with Crippen molar-refractivity contribution in [2.75, 3.05) is 25.9 Å². The smallest absolute Gasteiger partial charge is 0.410 e. The Kier molecular flexibility index (Phi) is 8.77. The summed E-state index contributed by atoms with van der Waals surface area (Å²) in [4.78, 5) is 42.3. The van der Waals surface area contributed by atoms with Crippen molar-refractivity contribution in [2.45, 2.75) is 75.9 Å². The number of carbonyl (C=O) groups excluding carboxylic acids is 2. The highest BCUT2D eigenvalue weighted by Crippen LogP contribution is 2.36. The van der Waals surface area contributed by atoms with E-state index < -0.39 is 5.60 Å². The van der Waals surface area contributed by atoms with Gasteiger partial charge in [0.1, 0.15) is 18.2 Å². The molecular formula is C28H35N5O4S. The van der Waals surface area contributed by atoms with Gasteiger partial charge in [0.2, 0.25) is 6.54 Å². The maximum Gasteiger partial charge on any atom is 0.410 e. The molecule has 202 valence electrons. The second-order valence-corrected chi connectivity index (χ2v) is 11.4. The molecule has 2 aliphatic heterocycles. The van der Waals surface area contributed by atoms with Gasteiger partial charge in [-0.05, 0) is 57.4 Å². The molecule has 38 heavy (non-hydrogen) atoms. The predicted octanol–water partition coefficient (Wildman–Crippen LogP) is 5.30. The van der Waals surface area contributed by atoms with Crippen molar-refractivity contribution >= 4 is 23.9 Å². The van der Waals surface area contributed by atoms with Gasteiger partial charge in [-0.25, -0.2) is 26.1 Å². The summed E-state index contributed by atoms with van der Waals surface area (Å²) in [6.07, 6.45) is 3.22. The molecule has 0 radical (unpaired) electrons. The lowest BCUT2D eigenvalue weighted by Gasteiger charge is -2.37. The van der Waals surface area contributed by atoms with Crippen molar-refractivity contribution in [3.63, 3.8) is 0 Å². The first-order chi connectivity index (χ1) is 18.2. The molecule has 2 amide bonds. The Hall–Kier alpha value is -3.32. The van der Waals surface area contributed by atoms with Crippen LogP contribution in [0.5, 0.6) is 0 Å². The van der Waals surface area contributed by atoms with Gasteiger partial charge >= 0.3 is 12.2 Å². The Balaban J connectivity index is 1.50. The standard InChI is InChI=1S/C28H35N5O4S/c1-28(2,3)37-26(34)32-13-12-22-23(17-32)30-25(38-5)31-24(22)20-11-14-33(21(15-20)16-29-4)27(35)36-18-19-9-7-6-8-10-19/h6-10,20-21H,11-18H2,1-3,5H3/t20?,21-/m1/s1. The summed E-state index contributed by atoms with van der Waals surface area (Å²) in [5.41, 5.74) is 3.27. The molecule has 1 unspecified atom stereocenters. The maximum atomic E-state index is 13.0. The number of rotatable bonds is 5. The molecule has 1 saturated heterocycles. The molecule has 1 aromatic carbocycles. The van der Waals surface area contributed by atoms with Crippen LogP contribution >= 0.6 is 11.8 Å². The summed E-state index contributed by atoms with van der Waals surface area (Å²) >= 11 is 1.47. The van der Waals surface area contributed by atoms with Gasteiger partial charge in [0.25, 0.3) is 0 Å². The Morgan fingerprint density at radius 1 is 1.16 bits per heavy atom. The van der Waals surface area contributed by atoms with E-state index in [1.54, 1.807) is 9.80 Å². The minimum atomic E-state index is -0.563. The largest absolute Gasteiger partial charge is 0.445 e. The topological polar surface area (TPSA) is 89.2 Å². The number of nitrogens with zero attached hydrogens (tertiary/aromatic N) is 5. The van der Waals surface area contributed by atoms with Gasteiger partial charge in [0, 0.05) is 19.0 Å². The number of carbonyl (C=O) groups is 2. The minimum Gasteiger partial charge on any atom is -0.445 e. The monoisotopic (exact) mass is 537 g/mol. The molecule has 1 fully saturated rings. The first-order valence-electron chi connectivity index (χ1n) is 12.9. The van der Waals surface area contributed by atoms with Crippen LogP contribution in [0.2, 0.25) is 0 Å². The van der Waals surface area contributed by atoms with Crippen molar-refractivity contribution in [2.24, 2.45) is 0 Å². The number of fused-ring (bicyclic) bond motifs is 1. The van der Waals surface area contributed by atoms with E-state index in [2.05, 4.69) is 4.85 Å². The van der Waals surface area contributed by atoms with Crippen LogP contribution in [-0.2, 0) is 29.0 Å². The molecule has 2 aromatic rings. The van der Waals surface area contributed by atoms with Crippen LogP contribution in [0.25, 0.3) is 4.85 Å². The first kappa shape index (κ1) is 27.7. The number of amides is 2.